The summed E-state index contributed by atoms with van der Waals surface area (Å²) >= 11 is 0. The summed E-state index contributed by atoms with van der Waals surface area (Å²) in [5.41, 5.74) is -0.202. The number of benzene rings is 2. The molecule has 0 saturated carbocycles. The van der Waals surface area contributed by atoms with Crippen LogP contribution in [0.25, 0.3) is 0 Å². The Balaban J connectivity index is 1.86. The van der Waals surface area contributed by atoms with E-state index in [1.807, 2.05) is 37.3 Å². The minimum atomic E-state index is -1.62. The molecule has 2 heterocycles. The van der Waals surface area contributed by atoms with E-state index in [1.165, 1.54) is 20.8 Å². The molecule has 4 atom stereocenters. The fourth-order valence-electron chi connectivity index (χ4n) is 5.65. The maximum atomic E-state index is 15.4. The van der Waals surface area contributed by atoms with Crippen molar-refractivity contribution >= 4 is 23.2 Å². The molecule has 2 aromatic carbocycles. The van der Waals surface area contributed by atoms with Crippen molar-refractivity contribution in [2.24, 2.45) is 11.8 Å². The van der Waals surface area contributed by atoms with Gasteiger partial charge in [-0.2, -0.15) is 0 Å². The van der Waals surface area contributed by atoms with E-state index in [4.69, 9.17) is 4.74 Å². The Kier molecular flexibility index (Phi) is 6.05. The standard InChI is InChI=1S/C26H31FN2O4/c1-16-23(25(3,4)27)22(12-13-30)33-26(16)20-14-19(28-17(2)31)10-11-21(20)29(24(26)32)15-18-8-6-5-7-9-18/h5-11,14,16,22-23,30H,12-13,15H2,1-4H3,(H,28,31)/t16-,22+,23-,26+/m0/s1. The maximum absolute atomic E-state index is 15.4. The fraction of sp³-hybridized carbons (Fsp3) is 0.462. The van der Waals surface area contributed by atoms with Crippen molar-refractivity contribution in [1.29, 1.82) is 0 Å². The van der Waals surface area contributed by atoms with Crippen LogP contribution in [0.4, 0.5) is 15.8 Å². The highest BCUT2D eigenvalue weighted by Gasteiger charge is 2.66. The van der Waals surface area contributed by atoms with Gasteiger partial charge >= 0.3 is 0 Å². The first-order valence-corrected chi connectivity index (χ1v) is 11.3. The molecular weight excluding hydrogens is 423 g/mol. The van der Waals surface area contributed by atoms with Crippen molar-refractivity contribution < 1.29 is 23.8 Å². The second-order valence-electron chi connectivity index (χ2n) is 9.57. The second-order valence-corrected chi connectivity index (χ2v) is 9.57. The van der Waals surface area contributed by atoms with Crippen LogP contribution < -0.4 is 10.2 Å². The van der Waals surface area contributed by atoms with Crippen LogP contribution in [0.1, 0.15) is 45.2 Å². The van der Waals surface area contributed by atoms with Crippen molar-refractivity contribution in [2.45, 2.75) is 58.0 Å². The zero-order chi connectivity index (χ0) is 24.0. The first-order valence-electron chi connectivity index (χ1n) is 11.3. The van der Waals surface area contributed by atoms with Gasteiger partial charge in [0.2, 0.25) is 5.91 Å². The number of amides is 2. The number of rotatable bonds is 6. The van der Waals surface area contributed by atoms with Crippen LogP contribution in [0.3, 0.4) is 0 Å². The summed E-state index contributed by atoms with van der Waals surface area (Å²) < 4.78 is 21.9. The molecule has 0 unspecified atom stereocenters. The number of hydrogen-bond donors (Lipinski definition) is 2. The first-order chi connectivity index (χ1) is 15.6. The smallest absolute Gasteiger partial charge is 0.264 e. The number of ether oxygens (including phenoxy) is 1. The molecule has 2 aliphatic rings. The van der Waals surface area contributed by atoms with E-state index in [9.17, 15) is 14.7 Å². The van der Waals surface area contributed by atoms with E-state index in [0.29, 0.717) is 23.5 Å². The molecule has 4 rings (SSSR count). The zero-order valence-corrected chi connectivity index (χ0v) is 19.5. The van der Waals surface area contributed by atoms with Crippen LogP contribution in [0.2, 0.25) is 0 Å². The lowest BCUT2D eigenvalue weighted by atomic mass is 9.71. The topological polar surface area (TPSA) is 78.9 Å². The van der Waals surface area contributed by atoms with Gasteiger partial charge in [-0.25, -0.2) is 4.39 Å². The number of nitrogens with one attached hydrogen (secondary N) is 1. The summed E-state index contributed by atoms with van der Waals surface area (Å²) in [6, 6.07) is 15.0. The summed E-state index contributed by atoms with van der Waals surface area (Å²) in [5, 5.41) is 12.4. The summed E-state index contributed by atoms with van der Waals surface area (Å²) in [5.74, 6) is -1.56. The van der Waals surface area contributed by atoms with Crippen LogP contribution in [-0.4, -0.2) is 35.3 Å². The molecule has 0 aliphatic carbocycles. The van der Waals surface area contributed by atoms with Gasteiger partial charge in [-0.15, -0.1) is 0 Å². The molecule has 6 nitrogen and oxygen atoms in total. The molecule has 2 amide bonds. The van der Waals surface area contributed by atoms with E-state index in [0.717, 1.165) is 5.56 Å². The van der Waals surface area contributed by atoms with E-state index in [2.05, 4.69) is 5.32 Å². The van der Waals surface area contributed by atoms with Gasteiger partial charge in [-0.1, -0.05) is 37.3 Å². The van der Waals surface area contributed by atoms with E-state index in [1.54, 1.807) is 23.1 Å². The highest BCUT2D eigenvalue weighted by Crippen LogP contribution is 2.58. The van der Waals surface area contributed by atoms with E-state index in [-0.39, 0.29) is 24.8 Å². The Labute approximate surface area is 193 Å². The zero-order valence-electron chi connectivity index (χ0n) is 19.5. The molecule has 0 radical (unpaired) electrons. The first kappa shape index (κ1) is 23.4. The fourth-order valence-corrected chi connectivity index (χ4v) is 5.65. The minimum absolute atomic E-state index is 0.166. The van der Waals surface area contributed by atoms with Crippen LogP contribution >= 0.6 is 0 Å². The largest absolute Gasteiger partial charge is 0.396 e. The van der Waals surface area contributed by atoms with E-state index >= 15 is 4.39 Å². The number of nitrogens with zero attached hydrogens (tertiary/aromatic N) is 1. The second kappa shape index (κ2) is 8.54. The molecule has 7 heteroatoms. The number of aliphatic hydroxyl groups is 1. The third kappa shape index (κ3) is 3.93. The maximum Gasteiger partial charge on any atom is 0.264 e. The Morgan fingerprint density at radius 3 is 2.55 bits per heavy atom. The number of halogens is 1. The summed E-state index contributed by atoms with van der Waals surface area (Å²) in [4.78, 5) is 27.5. The lowest BCUT2D eigenvalue weighted by Gasteiger charge is -2.32. The average Bonchev–Trinajstić information content (AvgIpc) is 3.16. The van der Waals surface area contributed by atoms with Crippen molar-refractivity contribution in [3.05, 3.63) is 59.7 Å². The quantitative estimate of drug-likeness (QED) is 0.687. The molecule has 33 heavy (non-hydrogen) atoms. The van der Waals surface area contributed by atoms with Crippen LogP contribution in [0, 0.1) is 11.8 Å². The lowest BCUT2D eigenvalue weighted by molar-refractivity contribution is -0.146. The molecule has 0 aromatic heterocycles. The Hall–Kier alpha value is -2.77. The highest BCUT2D eigenvalue weighted by molar-refractivity contribution is 6.08. The van der Waals surface area contributed by atoms with Crippen molar-refractivity contribution in [3.63, 3.8) is 0 Å². The summed E-state index contributed by atoms with van der Waals surface area (Å²) in [7, 11) is 0. The molecule has 2 N–H and O–H groups in total. The van der Waals surface area contributed by atoms with Crippen LogP contribution in [0.5, 0.6) is 0 Å². The molecule has 176 valence electrons. The molecular formula is C26H31FN2O4. The van der Waals surface area contributed by atoms with Crippen LogP contribution in [0.15, 0.2) is 48.5 Å². The number of carbonyl (C=O) groups is 2. The van der Waals surface area contributed by atoms with Crippen molar-refractivity contribution in [1.82, 2.24) is 0 Å². The van der Waals surface area contributed by atoms with Gasteiger partial charge in [-0.05, 0) is 44.0 Å². The van der Waals surface area contributed by atoms with Gasteiger partial charge in [0.25, 0.3) is 5.91 Å². The van der Waals surface area contributed by atoms with Gasteiger partial charge in [0.1, 0.15) is 5.67 Å². The SMILES string of the molecule is CC(=O)Nc1ccc2c(c1)[C@@]1(O[C@H](CCO)[C@@H](C(C)(C)F)[C@@H]1C)C(=O)N2Cc1ccccc1. The van der Waals surface area contributed by atoms with Gasteiger partial charge in [0.05, 0.1) is 18.3 Å². The third-order valence-corrected chi connectivity index (χ3v) is 6.88. The van der Waals surface area contributed by atoms with Crippen molar-refractivity contribution in [3.8, 4) is 0 Å². The van der Waals surface area contributed by atoms with Gasteiger partial charge in [0, 0.05) is 36.6 Å². The third-order valence-electron chi connectivity index (χ3n) is 6.88. The number of aliphatic hydroxyl groups excluding tert-OH is 1. The summed E-state index contributed by atoms with van der Waals surface area (Å²) in [6.07, 6.45) is -0.389. The number of hydrogen-bond acceptors (Lipinski definition) is 4. The Bertz CT molecular complexity index is 1050. The normalized spacial score (nSPS) is 26.7. The minimum Gasteiger partial charge on any atom is -0.396 e. The summed E-state index contributed by atoms with van der Waals surface area (Å²) in [6.45, 7) is 6.44. The molecule has 1 spiro atoms. The molecule has 1 fully saturated rings. The van der Waals surface area contributed by atoms with Gasteiger partial charge < -0.3 is 20.1 Å². The number of fused-ring (bicyclic) bond motifs is 2. The predicted octanol–water partition coefficient (Wildman–Crippen LogP) is 4.17. The molecule has 2 aromatic rings. The van der Waals surface area contributed by atoms with Gasteiger partial charge in [-0.3, -0.25) is 9.59 Å². The Morgan fingerprint density at radius 1 is 1.24 bits per heavy atom. The van der Waals surface area contributed by atoms with Crippen LogP contribution in [-0.2, 0) is 26.5 Å². The van der Waals surface area contributed by atoms with Gasteiger partial charge in [0.15, 0.2) is 5.60 Å². The average molecular weight is 455 g/mol. The molecule has 1 saturated heterocycles. The van der Waals surface area contributed by atoms with E-state index < -0.39 is 29.2 Å². The number of alkyl halides is 1. The number of anilines is 2. The highest BCUT2D eigenvalue weighted by atomic mass is 19.1. The number of carbonyl (C=O) groups excluding carboxylic acids is 2. The molecule has 2 aliphatic heterocycles. The van der Waals surface area contributed by atoms with Crippen molar-refractivity contribution in [2.75, 3.05) is 16.8 Å². The Morgan fingerprint density at radius 2 is 1.94 bits per heavy atom. The molecule has 0 bridgehead atoms. The monoisotopic (exact) mass is 454 g/mol. The lowest BCUT2D eigenvalue weighted by Crippen LogP contribution is -2.45. The predicted molar refractivity (Wildman–Crippen MR) is 124 cm³/mol.